The number of imidazole rings is 1. The zero-order valence-electron chi connectivity index (χ0n) is 10.4. The van der Waals surface area contributed by atoms with Crippen LogP contribution >= 0.6 is 23.8 Å². The molecular weight excluding hydrogens is 302 g/mol. The highest BCUT2D eigenvalue weighted by atomic mass is 35.5. The van der Waals surface area contributed by atoms with Gasteiger partial charge in [0.05, 0.1) is 11.2 Å². The number of hydrogen-bond acceptors (Lipinski definition) is 1. The van der Waals surface area contributed by atoms with Crippen LogP contribution in [0.2, 0.25) is 5.02 Å². The highest BCUT2D eigenvalue weighted by Crippen LogP contribution is 2.27. The second-order valence-corrected chi connectivity index (χ2v) is 5.23. The van der Waals surface area contributed by atoms with Gasteiger partial charge in [-0.15, -0.1) is 0 Å². The molecule has 0 amide bonds. The van der Waals surface area contributed by atoms with Gasteiger partial charge in [-0.3, -0.25) is 4.57 Å². The number of nitrogens with zero attached hydrogens (tertiary/aromatic N) is 1. The van der Waals surface area contributed by atoms with Crippen molar-refractivity contribution >= 4 is 34.9 Å². The quantitative estimate of drug-likeness (QED) is 0.632. The Labute approximate surface area is 123 Å². The van der Waals surface area contributed by atoms with Crippen LogP contribution in [0.1, 0.15) is 5.56 Å². The minimum absolute atomic E-state index is 0.177. The first-order valence-corrected chi connectivity index (χ1v) is 6.63. The van der Waals surface area contributed by atoms with E-state index in [1.807, 2.05) is 6.92 Å². The van der Waals surface area contributed by atoms with Gasteiger partial charge in [0, 0.05) is 17.2 Å². The molecule has 0 radical (unpaired) electrons. The molecule has 0 aliphatic carbocycles. The molecule has 2 aromatic carbocycles. The number of benzene rings is 2. The fraction of sp³-hybridized carbons (Fsp3) is 0.0714. The normalized spacial score (nSPS) is 11.2. The number of aromatic amines is 1. The molecule has 1 heterocycles. The van der Waals surface area contributed by atoms with Gasteiger partial charge < -0.3 is 4.98 Å². The van der Waals surface area contributed by atoms with Gasteiger partial charge in [0.1, 0.15) is 11.3 Å². The van der Waals surface area contributed by atoms with Crippen molar-refractivity contribution in [3.63, 3.8) is 0 Å². The molecule has 102 valence electrons. The lowest BCUT2D eigenvalue weighted by atomic mass is 10.2. The third kappa shape index (κ3) is 1.94. The Balaban J connectivity index is 2.45. The number of fused-ring (bicyclic) bond motifs is 1. The van der Waals surface area contributed by atoms with Crippen molar-refractivity contribution in [1.29, 1.82) is 0 Å². The predicted octanol–water partition coefficient (Wildman–Crippen LogP) is 4.93. The second kappa shape index (κ2) is 4.68. The average Bonchev–Trinajstić information content (AvgIpc) is 2.70. The molecule has 0 saturated heterocycles. The monoisotopic (exact) mass is 310 g/mol. The molecule has 0 aliphatic rings. The van der Waals surface area contributed by atoms with Crippen LogP contribution in [0.25, 0.3) is 16.7 Å². The van der Waals surface area contributed by atoms with Crippen LogP contribution in [0, 0.1) is 23.3 Å². The smallest absolute Gasteiger partial charge is 0.182 e. The Morgan fingerprint density at radius 1 is 1.25 bits per heavy atom. The first kappa shape index (κ1) is 13.3. The maximum absolute atomic E-state index is 13.8. The van der Waals surface area contributed by atoms with E-state index in [1.54, 1.807) is 22.8 Å². The van der Waals surface area contributed by atoms with Crippen molar-refractivity contribution in [1.82, 2.24) is 9.55 Å². The summed E-state index contributed by atoms with van der Waals surface area (Å²) in [7, 11) is 0. The predicted molar refractivity (Wildman–Crippen MR) is 78.1 cm³/mol. The minimum Gasteiger partial charge on any atom is -0.328 e. The molecule has 0 spiro atoms. The summed E-state index contributed by atoms with van der Waals surface area (Å²) in [5.74, 6) is -1.33. The minimum atomic E-state index is -0.676. The van der Waals surface area contributed by atoms with Gasteiger partial charge in [-0.1, -0.05) is 17.7 Å². The average molecular weight is 311 g/mol. The number of aromatic nitrogens is 2. The Morgan fingerprint density at radius 2 is 2.00 bits per heavy atom. The first-order chi connectivity index (χ1) is 9.49. The molecule has 0 atom stereocenters. The van der Waals surface area contributed by atoms with Crippen LogP contribution < -0.4 is 0 Å². The summed E-state index contributed by atoms with van der Waals surface area (Å²) in [4.78, 5) is 2.76. The van der Waals surface area contributed by atoms with Crippen LogP contribution in [0.15, 0.2) is 30.3 Å². The van der Waals surface area contributed by atoms with E-state index in [0.29, 0.717) is 16.2 Å². The van der Waals surface area contributed by atoms with Gasteiger partial charge in [-0.2, -0.15) is 0 Å². The summed E-state index contributed by atoms with van der Waals surface area (Å²) in [5, 5.41) is 0.565. The molecule has 20 heavy (non-hydrogen) atoms. The molecule has 1 aromatic heterocycles. The van der Waals surface area contributed by atoms with E-state index in [1.165, 1.54) is 6.07 Å². The van der Waals surface area contributed by atoms with Gasteiger partial charge in [0.25, 0.3) is 0 Å². The van der Waals surface area contributed by atoms with Crippen LogP contribution in [0.3, 0.4) is 0 Å². The van der Waals surface area contributed by atoms with Crippen LogP contribution in [-0.2, 0) is 0 Å². The number of rotatable bonds is 1. The van der Waals surface area contributed by atoms with Crippen molar-refractivity contribution < 1.29 is 8.78 Å². The van der Waals surface area contributed by atoms with E-state index in [4.69, 9.17) is 23.8 Å². The summed E-state index contributed by atoms with van der Waals surface area (Å²) >= 11 is 11.3. The highest BCUT2D eigenvalue weighted by Gasteiger charge is 2.14. The summed E-state index contributed by atoms with van der Waals surface area (Å²) < 4.78 is 29.1. The topological polar surface area (TPSA) is 20.7 Å². The number of nitrogens with one attached hydrogen (secondary N) is 1. The van der Waals surface area contributed by atoms with E-state index in [0.717, 1.165) is 11.6 Å². The van der Waals surface area contributed by atoms with Crippen molar-refractivity contribution in [2.75, 3.05) is 0 Å². The molecule has 0 fully saturated rings. The molecule has 3 aromatic rings. The van der Waals surface area contributed by atoms with E-state index in [9.17, 15) is 8.78 Å². The Morgan fingerprint density at radius 3 is 2.75 bits per heavy atom. The largest absolute Gasteiger partial charge is 0.328 e. The van der Waals surface area contributed by atoms with Crippen molar-refractivity contribution in [3.05, 3.63) is 57.3 Å². The van der Waals surface area contributed by atoms with Gasteiger partial charge in [-0.25, -0.2) is 8.78 Å². The molecule has 0 aliphatic heterocycles. The number of H-pyrrole nitrogens is 1. The Hall–Kier alpha value is -1.72. The maximum Gasteiger partial charge on any atom is 0.182 e. The van der Waals surface area contributed by atoms with Crippen LogP contribution in [0.5, 0.6) is 0 Å². The molecule has 0 saturated carbocycles. The summed E-state index contributed by atoms with van der Waals surface area (Å²) in [6.45, 7) is 1.83. The van der Waals surface area contributed by atoms with Gasteiger partial charge in [0.15, 0.2) is 10.6 Å². The Bertz CT molecular complexity index is 883. The van der Waals surface area contributed by atoms with Gasteiger partial charge in [0.2, 0.25) is 0 Å². The van der Waals surface area contributed by atoms with E-state index in [-0.39, 0.29) is 10.3 Å². The lowest BCUT2D eigenvalue weighted by Gasteiger charge is -2.09. The Kier molecular flexibility index (Phi) is 3.11. The van der Waals surface area contributed by atoms with E-state index in [2.05, 4.69) is 4.98 Å². The van der Waals surface area contributed by atoms with Crippen molar-refractivity contribution in [2.24, 2.45) is 0 Å². The fourth-order valence-electron chi connectivity index (χ4n) is 2.21. The lowest BCUT2D eigenvalue weighted by molar-refractivity contribution is 0.590. The molecule has 1 N–H and O–H groups in total. The summed E-state index contributed by atoms with van der Waals surface area (Å²) in [5.41, 5.74) is 2.00. The number of hydrogen-bond donors (Lipinski definition) is 1. The third-order valence-electron chi connectivity index (χ3n) is 3.19. The first-order valence-electron chi connectivity index (χ1n) is 5.84. The SMILES string of the molecule is Cc1c(Cl)cccc1-n1c(=S)[nH]c2c(F)cc(F)cc21. The molecule has 6 heteroatoms. The maximum atomic E-state index is 13.8. The van der Waals surface area contributed by atoms with Crippen molar-refractivity contribution in [3.8, 4) is 5.69 Å². The fourth-order valence-corrected chi connectivity index (χ4v) is 2.68. The highest BCUT2D eigenvalue weighted by molar-refractivity contribution is 7.71. The zero-order chi connectivity index (χ0) is 14.4. The molecular formula is C14H9ClF2N2S. The van der Waals surface area contributed by atoms with E-state index >= 15 is 0 Å². The second-order valence-electron chi connectivity index (χ2n) is 4.43. The third-order valence-corrected chi connectivity index (χ3v) is 3.88. The standard InChI is InChI=1S/C14H9ClF2N2S/c1-7-9(15)3-2-4-11(7)19-12-6-8(16)5-10(17)13(12)18-14(19)20/h2-6H,1H3,(H,18,20). The molecule has 3 rings (SSSR count). The lowest BCUT2D eigenvalue weighted by Crippen LogP contribution is -1.98. The number of halogens is 3. The van der Waals surface area contributed by atoms with Crippen LogP contribution in [-0.4, -0.2) is 9.55 Å². The van der Waals surface area contributed by atoms with E-state index < -0.39 is 11.6 Å². The zero-order valence-corrected chi connectivity index (χ0v) is 11.9. The van der Waals surface area contributed by atoms with Gasteiger partial charge >= 0.3 is 0 Å². The summed E-state index contributed by atoms with van der Waals surface area (Å²) in [6.07, 6.45) is 0. The molecule has 2 nitrogen and oxygen atoms in total. The van der Waals surface area contributed by atoms with Gasteiger partial charge in [-0.05, 0) is 36.8 Å². The molecule has 0 unspecified atom stereocenters. The van der Waals surface area contributed by atoms with Crippen molar-refractivity contribution in [2.45, 2.75) is 6.92 Å². The van der Waals surface area contributed by atoms with Crippen LogP contribution in [0.4, 0.5) is 8.78 Å². The summed E-state index contributed by atoms with van der Waals surface area (Å²) in [6, 6.07) is 7.38. The molecule has 0 bridgehead atoms.